The van der Waals surface area contributed by atoms with Gasteiger partial charge in [0, 0.05) is 18.6 Å². The third kappa shape index (κ3) is 5.26. The molecule has 21 heavy (non-hydrogen) atoms. The number of nitrogens with zero attached hydrogens (tertiary/aromatic N) is 1. The van der Waals surface area contributed by atoms with Gasteiger partial charge in [-0.3, -0.25) is 10.1 Å². The minimum Gasteiger partial charge on any atom is -0.468 e. The van der Waals surface area contributed by atoms with Gasteiger partial charge in [0.25, 0.3) is 0 Å². The lowest BCUT2D eigenvalue weighted by molar-refractivity contribution is -0.151. The molecule has 1 saturated carbocycles. The summed E-state index contributed by atoms with van der Waals surface area (Å²) in [6.07, 6.45) is 3.93. The van der Waals surface area contributed by atoms with Gasteiger partial charge in [0.15, 0.2) is 0 Å². The molecule has 1 rings (SSSR count). The molecule has 2 atom stereocenters. The number of rotatable bonds is 5. The maximum Gasteiger partial charge on any atom is 0.326 e. The van der Waals surface area contributed by atoms with E-state index < -0.39 is 5.54 Å². The normalized spacial score (nSPS) is 27.2. The van der Waals surface area contributed by atoms with Crippen molar-refractivity contribution < 1.29 is 9.53 Å². The maximum absolute atomic E-state index is 12.4. The van der Waals surface area contributed by atoms with E-state index >= 15 is 0 Å². The Balaban J connectivity index is 2.85. The summed E-state index contributed by atoms with van der Waals surface area (Å²) in [4.78, 5) is 14.8. The molecule has 4 nitrogen and oxygen atoms in total. The summed E-state index contributed by atoms with van der Waals surface area (Å²) in [5.74, 6) is -0.106. The number of nitrogens with one attached hydrogen (secondary N) is 1. The summed E-state index contributed by atoms with van der Waals surface area (Å²) in [5, 5.41) is 3.49. The highest BCUT2D eigenvalue weighted by atomic mass is 16.5. The van der Waals surface area contributed by atoms with E-state index in [1.54, 1.807) is 0 Å². The molecule has 0 aromatic heterocycles. The first-order valence-electron chi connectivity index (χ1n) is 8.16. The van der Waals surface area contributed by atoms with Gasteiger partial charge < -0.3 is 9.64 Å². The number of hydrogen-bond donors (Lipinski definition) is 1. The van der Waals surface area contributed by atoms with Gasteiger partial charge in [-0.25, -0.2) is 0 Å². The van der Waals surface area contributed by atoms with Crippen molar-refractivity contribution in [3.63, 3.8) is 0 Å². The van der Waals surface area contributed by atoms with Crippen LogP contribution in [-0.4, -0.2) is 49.2 Å². The van der Waals surface area contributed by atoms with Crippen molar-refractivity contribution in [2.45, 2.75) is 77.9 Å². The molecule has 0 aliphatic heterocycles. The first-order valence-corrected chi connectivity index (χ1v) is 8.16. The highest BCUT2D eigenvalue weighted by Gasteiger charge is 2.45. The van der Waals surface area contributed by atoms with Crippen LogP contribution in [0, 0.1) is 5.41 Å². The highest BCUT2D eigenvalue weighted by molar-refractivity contribution is 5.81. The van der Waals surface area contributed by atoms with E-state index in [-0.39, 0.29) is 17.4 Å². The second-order valence-corrected chi connectivity index (χ2v) is 8.10. The zero-order valence-corrected chi connectivity index (χ0v) is 15.0. The van der Waals surface area contributed by atoms with E-state index in [1.165, 1.54) is 7.11 Å². The summed E-state index contributed by atoms with van der Waals surface area (Å²) in [6.45, 7) is 12.0. The van der Waals surface area contributed by atoms with Gasteiger partial charge in [0.1, 0.15) is 5.54 Å². The van der Waals surface area contributed by atoms with Crippen LogP contribution in [0.4, 0.5) is 0 Å². The number of esters is 1. The molecule has 1 N–H and O–H groups in total. The zero-order valence-electron chi connectivity index (χ0n) is 15.0. The molecule has 0 heterocycles. The number of methoxy groups -OCH3 is 1. The van der Waals surface area contributed by atoms with Crippen LogP contribution in [0.5, 0.6) is 0 Å². The Hall–Kier alpha value is -0.610. The maximum atomic E-state index is 12.4. The summed E-state index contributed by atoms with van der Waals surface area (Å²) in [7, 11) is 3.67. The van der Waals surface area contributed by atoms with Crippen molar-refractivity contribution in [1.29, 1.82) is 0 Å². The van der Waals surface area contributed by atoms with Crippen molar-refractivity contribution in [3.8, 4) is 0 Å². The van der Waals surface area contributed by atoms with E-state index in [2.05, 4.69) is 51.9 Å². The van der Waals surface area contributed by atoms with Crippen LogP contribution in [0.3, 0.4) is 0 Å². The smallest absolute Gasteiger partial charge is 0.326 e. The largest absolute Gasteiger partial charge is 0.468 e. The Kier molecular flexibility index (Phi) is 6.23. The molecule has 0 amide bonds. The Morgan fingerprint density at radius 3 is 2.52 bits per heavy atom. The third-order valence-electron chi connectivity index (χ3n) is 4.21. The van der Waals surface area contributed by atoms with Crippen LogP contribution < -0.4 is 5.32 Å². The summed E-state index contributed by atoms with van der Waals surface area (Å²) >= 11 is 0. The predicted molar refractivity (Wildman–Crippen MR) is 87.4 cm³/mol. The molecule has 4 heteroatoms. The van der Waals surface area contributed by atoms with Gasteiger partial charge in [-0.05, 0) is 52.0 Å². The molecule has 1 fully saturated rings. The number of carbonyl (C=O) groups excluding carboxylic acids is 1. The minimum atomic E-state index is -0.516. The lowest BCUT2D eigenvalue weighted by atomic mass is 9.77. The van der Waals surface area contributed by atoms with E-state index in [4.69, 9.17) is 4.74 Å². The van der Waals surface area contributed by atoms with Crippen molar-refractivity contribution in [1.82, 2.24) is 10.2 Å². The van der Waals surface area contributed by atoms with Crippen LogP contribution in [0.2, 0.25) is 0 Å². The molecule has 0 aromatic carbocycles. The minimum absolute atomic E-state index is 0.106. The number of carbonyl (C=O) groups is 1. The molecule has 0 aromatic rings. The molecule has 0 spiro atoms. The number of ether oxygens (including phenoxy) is 1. The topological polar surface area (TPSA) is 41.6 Å². The lowest BCUT2D eigenvalue weighted by Crippen LogP contribution is -2.60. The summed E-state index contributed by atoms with van der Waals surface area (Å²) in [5.41, 5.74) is -0.246. The molecular weight excluding hydrogens is 264 g/mol. The highest BCUT2D eigenvalue weighted by Crippen LogP contribution is 2.33. The average molecular weight is 298 g/mol. The van der Waals surface area contributed by atoms with Gasteiger partial charge in [-0.2, -0.15) is 0 Å². The van der Waals surface area contributed by atoms with Gasteiger partial charge in [0.05, 0.1) is 7.11 Å². The Morgan fingerprint density at radius 1 is 1.43 bits per heavy atom. The standard InChI is InChI=1S/C17H34N2O2/c1-13(2)18-17(15(20)21-7)10-8-9-14(11-17)19(6)12-16(3,4)5/h13-14,18H,8-12H2,1-7H3. The van der Waals surface area contributed by atoms with Crippen molar-refractivity contribution >= 4 is 5.97 Å². The monoisotopic (exact) mass is 298 g/mol. The van der Waals surface area contributed by atoms with Crippen molar-refractivity contribution in [3.05, 3.63) is 0 Å². The Morgan fingerprint density at radius 2 is 2.05 bits per heavy atom. The van der Waals surface area contributed by atoms with E-state index in [9.17, 15) is 4.79 Å². The number of hydrogen-bond acceptors (Lipinski definition) is 4. The van der Waals surface area contributed by atoms with Crippen LogP contribution in [-0.2, 0) is 9.53 Å². The van der Waals surface area contributed by atoms with Crippen LogP contribution >= 0.6 is 0 Å². The first-order chi connectivity index (χ1) is 9.59. The Labute approximate surface area is 130 Å². The molecule has 2 unspecified atom stereocenters. The fourth-order valence-corrected chi connectivity index (χ4v) is 3.62. The van der Waals surface area contributed by atoms with Crippen LogP contribution in [0.1, 0.15) is 60.3 Å². The molecule has 124 valence electrons. The van der Waals surface area contributed by atoms with Gasteiger partial charge >= 0.3 is 5.97 Å². The van der Waals surface area contributed by atoms with E-state index in [1.807, 2.05) is 0 Å². The van der Waals surface area contributed by atoms with Crippen LogP contribution in [0.15, 0.2) is 0 Å². The zero-order chi connectivity index (χ0) is 16.3. The van der Waals surface area contributed by atoms with E-state index in [0.717, 1.165) is 32.2 Å². The average Bonchev–Trinajstić information content (AvgIpc) is 2.35. The molecular formula is C17H34N2O2. The molecule has 0 radical (unpaired) electrons. The molecule has 1 aliphatic carbocycles. The molecule has 0 bridgehead atoms. The van der Waals surface area contributed by atoms with Gasteiger partial charge in [-0.1, -0.05) is 20.8 Å². The third-order valence-corrected chi connectivity index (χ3v) is 4.21. The predicted octanol–water partition coefficient (Wildman–Crippen LogP) is 2.82. The molecule has 1 aliphatic rings. The summed E-state index contributed by atoms with van der Waals surface area (Å²) in [6, 6.07) is 0.707. The quantitative estimate of drug-likeness (QED) is 0.793. The van der Waals surface area contributed by atoms with Crippen molar-refractivity contribution in [2.75, 3.05) is 20.7 Å². The van der Waals surface area contributed by atoms with Gasteiger partial charge in [-0.15, -0.1) is 0 Å². The first kappa shape index (κ1) is 18.4. The van der Waals surface area contributed by atoms with E-state index in [0.29, 0.717) is 6.04 Å². The van der Waals surface area contributed by atoms with Crippen LogP contribution in [0.25, 0.3) is 0 Å². The SMILES string of the molecule is COC(=O)C1(NC(C)C)CCCC(N(C)CC(C)(C)C)C1. The van der Waals surface area contributed by atoms with Crippen molar-refractivity contribution in [2.24, 2.45) is 5.41 Å². The van der Waals surface area contributed by atoms with Gasteiger partial charge in [0.2, 0.25) is 0 Å². The fourth-order valence-electron chi connectivity index (χ4n) is 3.62. The Bertz CT molecular complexity index is 349. The lowest BCUT2D eigenvalue weighted by Gasteiger charge is -2.44. The fraction of sp³-hybridized carbons (Fsp3) is 0.941. The second-order valence-electron chi connectivity index (χ2n) is 8.10. The molecule has 0 saturated heterocycles. The summed E-state index contributed by atoms with van der Waals surface area (Å²) < 4.78 is 5.10. The second kappa shape index (κ2) is 7.10.